The van der Waals surface area contributed by atoms with Crippen LogP contribution in [0, 0.1) is 3.57 Å². The topological polar surface area (TPSA) is 0 Å². The van der Waals surface area contributed by atoms with E-state index in [0.717, 1.165) is 12.1 Å². The Morgan fingerprint density at radius 1 is 0.405 bits per heavy atom. The van der Waals surface area contributed by atoms with Crippen LogP contribution in [0.25, 0.3) is 11.1 Å². The molecule has 42 heavy (non-hydrogen) atoms. The molecule has 2 rings (SSSR count). The summed E-state index contributed by atoms with van der Waals surface area (Å²) in [7, 11) is 0. The second kappa shape index (κ2) is 10.8. The van der Waals surface area contributed by atoms with Crippen LogP contribution in [0.5, 0.6) is 0 Å². The Balaban J connectivity index is 2.45. The summed E-state index contributed by atoms with van der Waals surface area (Å²) < 4.78 is 253. The molecule has 0 saturated heterocycles. The van der Waals surface area contributed by atoms with Crippen molar-refractivity contribution in [3.8, 4) is 11.1 Å². The molecule has 0 saturated carbocycles. The van der Waals surface area contributed by atoms with E-state index in [2.05, 4.69) is 0 Å². The molecule has 0 aliphatic rings. The van der Waals surface area contributed by atoms with Crippen molar-refractivity contribution >= 4 is 0 Å². The molecule has 0 fully saturated rings. The van der Waals surface area contributed by atoms with Crippen LogP contribution < -0.4 is 21.2 Å². The Kier molecular flexibility index (Phi) is 9.24. The number of hydrogen-bond donors (Lipinski definition) is 0. The fraction of sp³-hybridized carbons (Fsp3) is 0.455. The third kappa shape index (κ3) is 5.36. The minimum absolute atomic E-state index is 0.270. The number of rotatable bonds is 10. The quantitative estimate of drug-likeness (QED) is 0.153. The second-order valence-electron chi connectivity index (χ2n) is 8.37. The van der Waals surface area contributed by atoms with Crippen LogP contribution >= 0.6 is 0 Å². The van der Waals surface area contributed by atoms with E-state index in [1.165, 1.54) is 12.1 Å². The summed E-state index contributed by atoms with van der Waals surface area (Å²) in [6, 6.07) is 12.3. The van der Waals surface area contributed by atoms with Crippen molar-refractivity contribution in [2.45, 2.75) is 53.6 Å². The van der Waals surface area contributed by atoms with Crippen LogP contribution in [-0.4, -0.2) is 58.0 Å². The molecule has 0 radical (unpaired) electrons. The van der Waals surface area contributed by atoms with E-state index in [-0.39, 0.29) is 3.57 Å². The molecule has 0 heterocycles. The van der Waals surface area contributed by atoms with Crippen LogP contribution in [-0.2, 0) is 0 Å². The van der Waals surface area contributed by atoms with Gasteiger partial charge >= 0.3 is 232 Å². The average molecular weight is 763 g/mol. The van der Waals surface area contributed by atoms with Crippen LogP contribution in [0.2, 0.25) is 0 Å². The van der Waals surface area contributed by atoms with E-state index in [1.807, 2.05) is 0 Å². The monoisotopic (exact) mass is 763 g/mol. The Morgan fingerprint density at radius 2 is 0.762 bits per heavy atom. The molecule has 0 N–H and O–H groups in total. The van der Waals surface area contributed by atoms with Gasteiger partial charge in [-0.2, -0.15) is 0 Å². The van der Waals surface area contributed by atoms with E-state index in [0.29, 0.717) is 11.1 Å². The zero-order chi connectivity index (χ0) is 33.0. The third-order valence-corrected chi connectivity index (χ3v) is 8.53. The number of halogens is 20. The van der Waals surface area contributed by atoms with E-state index >= 15 is 0 Å². The molecular weight excluding hydrogens is 752 g/mol. The molecule has 0 amide bonds. The molecule has 0 aliphatic heterocycles. The van der Waals surface area contributed by atoms with E-state index in [1.54, 1.807) is 30.3 Å². The van der Waals surface area contributed by atoms with Gasteiger partial charge in [0.05, 0.1) is 0 Å². The van der Waals surface area contributed by atoms with E-state index < -0.39 is 79.2 Å². The fourth-order valence-electron chi connectivity index (χ4n) is 3.16. The SMILES string of the molecule is FC(F)(F)C(F)(C(F)(F)F)C(F)(F)C(F)(F)C(F)(F)C(F)(F)C(F)(F)C(F)(F)C[I-]c1ccc(-c2ccccc2)cc1. The van der Waals surface area contributed by atoms with Gasteiger partial charge in [0.25, 0.3) is 0 Å². The molecule has 2 aromatic rings. The van der Waals surface area contributed by atoms with Crippen molar-refractivity contribution in [3.63, 3.8) is 0 Å². The van der Waals surface area contributed by atoms with Gasteiger partial charge in [-0.05, 0) is 0 Å². The zero-order valence-electron chi connectivity index (χ0n) is 19.5. The maximum absolute atomic E-state index is 14.2. The second-order valence-corrected chi connectivity index (χ2v) is 11.1. The minimum atomic E-state index is -9.00. The van der Waals surface area contributed by atoms with Gasteiger partial charge in [-0.15, -0.1) is 0 Å². The predicted molar refractivity (Wildman–Crippen MR) is 101 cm³/mol. The van der Waals surface area contributed by atoms with Crippen LogP contribution in [0.3, 0.4) is 0 Å². The molecule has 0 atom stereocenters. The Bertz CT molecular complexity index is 1200. The van der Waals surface area contributed by atoms with Gasteiger partial charge in [0.2, 0.25) is 0 Å². The molecule has 0 unspecified atom stereocenters. The van der Waals surface area contributed by atoms with Gasteiger partial charge < -0.3 is 0 Å². The molecule has 0 nitrogen and oxygen atoms in total. The van der Waals surface area contributed by atoms with Crippen molar-refractivity contribution < 1.29 is 105 Å². The van der Waals surface area contributed by atoms with Crippen molar-refractivity contribution in [2.24, 2.45) is 0 Å². The fourth-order valence-corrected chi connectivity index (χ4v) is 5.43. The summed E-state index contributed by atoms with van der Waals surface area (Å²) in [6.07, 6.45) is -16.6. The Hall–Kier alpha value is -2.16. The first-order valence-electron chi connectivity index (χ1n) is 10.4. The zero-order valence-corrected chi connectivity index (χ0v) is 21.6. The number of benzene rings is 2. The molecule has 0 aliphatic carbocycles. The molecule has 20 heteroatoms. The molecule has 0 spiro atoms. The van der Waals surface area contributed by atoms with Gasteiger partial charge in [0.15, 0.2) is 0 Å². The molecule has 0 aromatic heterocycles. The first-order valence-corrected chi connectivity index (χ1v) is 13.0. The average Bonchev–Trinajstić information content (AvgIpc) is 2.85. The van der Waals surface area contributed by atoms with Gasteiger partial charge in [-0.3, -0.25) is 0 Å². The summed E-state index contributed by atoms with van der Waals surface area (Å²) in [6.45, 7) is 0. The number of alkyl halides is 20. The van der Waals surface area contributed by atoms with Crippen LogP contribution in [0.4, 0.5) is 83.4 Å². The first kappa shape index (κ1) is 36.0. The molecule has 2 aromatic carbocycles. The van der Waals surface area contributed by atoms with Gasteiger partial charge in [0, 0.05) is 0 Å². The van der Waals surface area contributed by atoms with E-state index in [9.17, 15) is 83.4 Å². The van der Waals surface area contributed by atoms with Gasteiger partial charge in [-0.25, -0.2) is 0 Å². The predicted octanol–water partition coefficient (Wildman–Crippen LogP) is 6.26. The normalized spacial score (nSPS) is 15.3. The molecule has 0 bridgehead atoms. The molecular formula is C22H11F19I-. The summed E-state index contributed by atoms with van der Waals surface area (Å²) >= 11 is -2.60. The van der Waals surface area contributed by atoms with Crippen molar-refractivity contribution in [3.05, 3.63) is 58.2 Å². The summed E-state index contributed by atoms with van der Waals surface area (Å²) in [5.41, 5.74) is -7.77. The van der Waals surface area contributed by atoms with Crippen molar-refractivity contribution in [1.82, 2.24) is 0 Å². The van der Waals surface area contributed by atoms with Gasteiger partial charge in [0.1, 0.15) is 0 Å². The van der Waals surface area contributed by atoms with Crippen molar-refractivity contribution in [1.29, 1.82) is 0 Å². The van der Waals surface area contributed by atoms with Crippen molar-refractivity contribution in [2.75, 3.05) is 4.43 Å². The molecule has 240 valence electrons. The third-order valence-electron chi connectivity index (χ3n) is 5.59. The summed E-state index contributed by atoms with van der Waals surface area (Å²) in [5.74, 6) is -49.6. The summed E-state index contributed by atoms with van der Waals surface area (Å²) in [5, 5.41) is 0. The standard InChI is InChI=1S/C22H11F19I/c23-14(24,10-42-13-8-6-12(7-9-13)11-4-2-1-3-5-11)16(26,27)18(30,31)20(34,35)19(32,33)17(28,29)15(25,21(36,37)38)22(39,40)41/h1-9H,10H2/q-1. The Morgan fingerprint density at radius 3 is 1.17 bits per heavy atom. The maximum atomic E-state index is 14.2. The first-order chi connectivity index (χ1) is 18.5. The van der Waals surface area contributed by atoms with Crippen LogP contribution in [0.1, 0.15) is 0 Å². The van der Waals surface area contributed by atoms with Gasteiger partial charge in [-0.1, -0.05) is 0 Å². The Labute approximate surface area is 232 Å². The number of hydrogen-bond acceptors (Lipinski definition) is 0. The summed E-state index contributed by atoms with van der Waals surface area (Å²) in [4.78, 5) is 0. The van der Waals surface area contributed by atoms with Crippen LogP contribution in [0.15, 0.2) is 54.6 Å². The van der Waals surface area contributed by atoms with E-state index in [4.69, 9.17) is 0 Å².